The van der Waals surface area contributed by atoms with E-state index in [1.165, 1.54) is 0 Å². The van der Waals surface area contributed by atoms with Crippen LogP contribution >= 0.6 is 11.8 Å². The summed E-state index contributed by atoms with van der Waals surface area (Å²) in [5.41, 5.74) is 2.19. The molecule has 0 bridgehead atoms. The fourth-order valence-electron chi connectivity index (χ4n) is 2.69. The number of hydrogen-bond donors (Lipinski definition) is 0. The second-order valence-corrected chi connectivity index (χ2v) is 6.69. The summed E-state index contributed by atoms with van der Waals surface area (Å²) in [6, 6.07) is 16.1. The zero-order valence-electron chi connectivity index (χ0n) is 13.3. The quantitative estimate of drug-likeness (QED) is 0.768. The fraction of sp³-hybridized carbons (Fsp3) is 0.263. The van der Waals surface area contributed by atoms with Gasteiger partial charge in [0.05, 0.1) is 20.8 Å². The lowest BCUT2D eigenvalue weighted by molar-refractivity contribution is 0.0763. The lowest BCUT2D eigenvalue weighted by Crippen LogP contribution is -2.23. The van der Waals surface area contributed by atoms with Crippen LogP contribution in [0.1, 0.15) is 11.1 Å². The summed E-state index contributed by atoms with van der Waals surface area (Å²) in [6.07, 6.45) is 1.94. The van der Waals surface area contributed by atoms with E-state index in [-0.39, 0.29) is 5.25 Å². The molecule has 1 saturated heterocycles. The van der Waals surface area contributed by atoms with Crippen molar-refractivity contribution in [2.24, 2.45) is 0 Å². The molecule has 1 aliphatic rings. The molecule has 120 valence electrons. The van der Waals surface area contributed by atoms with Crippen LogP contribution in [-0.2, 0) is 9.67 Å². The number of hydrogen-bond acceptors (Lipinski definition) is 4. The molecule has 3 rings (SSSR count). The van der Waals surface area contributed by atoms with E-state index in [0.717, 1.165) is 22.6 Å². The third kappa shape index (κ3) is 2.96. The molecule has 1 unspecified atom stereocenters. The lowest BCUT2D eigenvalue weighted by Gasteiger charge is -2.29. The molecule has 0 radical (unpaired) electrons. The van der Waals surface area contributed by atoms with Gasteiger partial charge in [0.1, 0.15) is 11.5 Å². The van der Waals surface area contributed by atoms with Crippen molar-refractivity contribution in [3.63, 3.8) is 0 Å². The number of rotatable bonds is 5. The summed E-state index contributed by atoms with van der Waals surface area (Å²) in [7, 11) is 3.34. The van der Waals surface area contributed by atoms with Crippen LogP contribution in [0.4, 0.5) is 0 Å². The molecule has 0 amide bonds. The van der Waals surface area contributed by atoms with Gasteiger partial charge in [-0.05, 0) is 35.4 Å². The van der Waals surface area contributed by atoms with E-state index in [1.54, 1.807) is 26.0 Å². The zero-order valence-corrected chi connectivity index (χ0v) is 14.1. The Morgan fingerprint density at radius 3 is 1.83 bits per heavy atom. The number of methoxy groups -OCH3 is 2. The number of ether oxygens (including phenoxy) is 3. The van der Waals surface area contributed by atoms with Crippen LogP contribution < -0.4 is 9.47 Å². The zero-order chi connectivity index (χ0) is 16.3. The van der Waals surface area contributed by atoms with Crippen molar-refractivity contribution < 1.29 is 14.2 Å². The van der Waals surface area contributed by atoms with Gasteiger partial charge in [0.15, 0.2) is 4.93 Å². The minimum Gasteiger partial charge on any atom is -0.497 e. The van der Waals surface area contributed by atoms with Gasteiger partial charge in [-0.1, -0.05) is 30.3 Å². The fourth-order valence-corrected chi connectivity index (χ4v) is 4.03. The molecule has 0 N–H and O–H groups in total. The summed E-state index contributed by atoms with van der Waals surface area (Å²) in [4.78, 5) is -0.530. The van der Waals surface area contributed by atoms with Gasteiger partial charge in [-0.3, -0.25) is 0 Å². The van der Waals surface area contributed by atoms with Gasteiger partial charge in [0, 0.05) is 5.25 Å². The molecule has 23 heavy (non-hydrogen) atoms. The third-order valence-corrected chi connectivity index (χ3v) is 5.52. The molecule has 0 aliphatic carbocycles. The minimum atomic E-state index is -0.530. The van der Waals surface area contributed by atoms with Crippen molar-refractivity contribution in [1.82, 2.24) is 0 Å². The molecule has 0 aromatic heterocycles. The van der Waals surface area contributed by atoms with Gasteiger partial charge in [-0.2, -0.15) is 0 Å². The monoisotopic (exact) mass is 328 g/mol. The van der Waals surface area contributed by atoms with E-state index in [0.29, 0.717) is 6.61 Å². The van der Waals surface area contributed by atoms with Crippen molar-refractivity contribution in [3.05, 3.63) is 72.3 Å². The van der Waals surface area contributed by atoms with Crippen molar-refractivity contribution in [2.45, 2.75) is 10.2 Å². The summed E-state index contributed by atoms with van der Waals surface area (Å²) in [5, 5.41) is 0.263. The van der Waals surface area contributed by atoms with Crippen LogP contribution in [0.5, 0.6) is 11.5 Å². The highest BCUT2D eigenvalue weighted by molar-refractivity contribution is 8.01. The van der Waals surface area contributed by atoms with Crippen molar-refractivity contribution in [3.8, 4) is 11.5 Å². The number of benzene rings is 2. The minimum absolute atomic E-state index is 0.263. The standard InChI is InChI=1S/C19H20O3S/c1-4-18-13-22-19(23-18,14-5-9-16(20-2)10-6-14)15-7-11-17(21-3)12-8-15/h4-12,18H,1,13H2,2-3H3. The topological polar surface area (TPSA) is 27.7 Å². The van der Waals surface area contributed by atoms with Crippen molar-refractivity contribution >= 4 is 11.8 Å². The summed E-state index contributed by atoms with van der Waals surface area (Å²) in [6.45, 7) is 4.55. The first-order chi connectivity index (χ1) is 11.2. The Balaban J connectivity index is 2.04. The molecular formula is C19H20O3S. The maximum Gasteiger partial charge on any atom is 0.165 e. The molecule has 1 aliphatic heterocycles. The first kappa shape index (κ1) is 16.0. The first-order valence-corrected chi connectivity index (χ1v) is 8.33. The van der Waals surface area contributed by atoms with E-state index >= 15 is 0 Å². The van der Waals surface area contributed by atoms with Crippen molar-refractivity contribution in [2.75, 3.05) is 20.8 Å². The van der Waals surface area contributed by atoms with Crippen LogP contribution in [0.2, 0.25) is 0 Å². The molecule has 3 nitrogen and oxygen atoms in total. The van der Waals surface area contributed by atoms with Gasteiger partial charge < -0.3 is 14.2 Å². The highest BCUT2D eigenvalue weighted by Gasteiger charge is 2.43. The SMILES string of the molecule is C=CC1COC(c2ccc(OC)cc2)(c2ccc(OC)cc2)S1. The Morgan fingerprint density at radius 2 is 1.48 bits per heavy atom. The van der Waals surface area contributed by atoms with Crippen LogP contribution in [0.3, 0.4) is 0 Å². The third-order valence-electron chi connectivity index (χ3n) is 3.97. The first-order valence-electron chi connectivity index (χ1n) is 7.45. The maximum atomic E-state index is 6.27. The van der Waals surface area contributed by atoms with Crippen LogP contribution in [-0.4, -0.2) is 26.1 Å². The van der Waals surface area contributed by atoms with Gasteiger partial charge in [0.2, 0.25) is 0 Å². The molecule has 1 atom stereocenters. The predicted molar refractivity (Wildman–Crippen MR) is 94.3 cm³/mol. The normalized spacial score (nSPS) is 19.3. The molecule has 4 heteroatoms. The average Bonchev–Trinajstić information content (AvgIpc) is 3.07. The van der Waals surface area contributed by atoms with Gasteiger partial charge in [0.25, 0.3) is 0 Å². The predicted octanol–water partition coefficient (Wildman–Crippen LogP) is 4.22. The van der Waals surface area contributed by atoms with E-state index in [4.69, 9.17) is 14.2 Å². The van der Waals surface area contributed by atoms with Gasteiger partial charge >= 0.3 is 0 Å². The number of thioether (sulfide) groups is 1. The van der Waals surface area contributed by atoms with Crippen molar-refractivity contribution in [1.29, 1.82) is 0 Å². The van der Waals surface area contributed by atoms with Gasteiger partial charge in [-0.15, -0.1) is 18.3 Å². The Labute approximate surface area is 141 Å². The van der Waals surface area contributed by atoms with E-state index in [2.05, 4.69) is 30.8 Å². The van der Waals surface area contributed by atoms with Crippen LogP contribution in [0, 0.1) is 0 Å². The maximum absolute atomic E-state index is 6.27. The van der Waals surface area contributed by atoms with E-state index in [1.807, 2.05) is 30.3 Å². The smallest absolute Gasteiger partial charge is 0.165 e. The Morgan fingerprint density at radius 1 is 1.00 bits per heavy atom. The average molecular weight is 328 g/mol. The summed E-state index contributed by atoms with van der Waals surface area (Å²) in [5.74, 6) is 1.67. The summed E-state index contributed by atoms with van der Waals surface area (Å²) >= 11 is 1.77. The molecular weight excluding hydrogens is 308 g/mol. The molecule has 2 aromatic carbocycles. The second kappa shape index (κ2) is 6.69. The molecule has 0 spiro atoms. The Bertz CT molecular complexity index is 617. The largest absolute Gasteiger partial charge is 0.497 e. The van der Waals surface area contributed by atoms with Crippen LogP contribution in [0.25, 0.3) is 0 Å². The van der Waals surface area contributed by atoms with E-state index in [9.17, 15) is 0 Å². The van der Waals surface area contributed by atoms with E-state index < -0.39 is 4.93 Å². The molecule has 1 heterocycles. The summed E-state index contributed by atoms with van der Waals surface area (Å²) < 4.78 is 16.8. The molecule has 0 saturated carbocycles. The Hall–Kier alpha value is -1.91. The molecule has 2 aromatic rings. The van der Waals surface area contributed by atoms with Gasteiger partial charge in [-0.25, -0.2) is 0 Å². The Kier molecular flexibility index (Phi) is 4.64. The highest BCUT2D eigenvalue weighted by Crippen LogP contribution is 2.51. The van der Waals surface area contributed by atoms with Crippen LogP contribution in [0.15, 0.2) is 61.2 Å². The molecule has 1 fully saturated rings. The highest BCUT2D eigenvalue weighted by atomic mass is 32.2. The second-order valence-electron chi connectivity index (χ2n) is 5.28. The lowest BCUT2D eigenvalue weighted by atomic mass is 10.00.